The molecular formula is C15H21N3O3. The number of piperidine rings is 1. The summed E-state index contributed by atoms with van der Waals surface area (Å²) < 4.78 is 11.5. The average molecular weight is 291 g/mol. The van der Waals surface area contributed by atoms with Gasteiger partial charge >= 0.3 is 0 Å². The van der Waals surface area contributed by atoms with Gasteiger partial charge in [-0.1, -0.05) is 0 Å². The number of hydrogen-bond donors (Lipinski definition) is 1. The van der Waals surface area contributed by atoms with E-state index < -0.39 is 0 Å². The van der Waals surface area contributed by atoms with E-state index in [0.29, 0.717) is 13.1 Å². The van der Waals surface area contributed by atoms with Crippen molar-refractivity contribution in [3.8, 4) is 0 Å². The van der Waals surface area contributed by atoms with Crippen LogP contribution < -0.4 is 0 Å². The number of carbonyl (C=O) groups excluding carboxylic acids is 1. The first-order valence-corrected chi connectivity index (χ1v) is 7.36. The molecule has 1 spiro atoms. The van der Waals surface area contributed by atoms with Gasteiger partial charge in [-0.3, -0.25) is 4.79 Å². The average Bonchev–Trinajstić information content (AvgIpc) is 3.17. The molecule has 2 atom stereocenters. The molecule has 2 unspecified atom stereocenters. The summed E-state index contributed by atoms with van der Waals surface area (Å²) in [6.45, 7) is 2.10. The monoisotopic (exact) mass is 291 g/mol. The fourth-order valence-corrected chi connectivity index (χ4v) is 3.23. The lowest BCUT2D eigenvalue weighted by atomic mass is 9.86. The Morgan fingerprint density at radius 1 is 1.62 bits per heavy atom. The van der Waals surface area contributed by atoms with Crippen molar-refractivity contribution in [2.75, 3.05) is 26.8 Å². The maximum Gasteiger partial charge on any atom is 0.246 e. The van der Waals surface area contributed by atoms with Crippen molar-refractivity contribution in [1.82, 2.24) is 14.9 Å². The van der Waals surface area contributed by atoms with Crippen LogP contribution in [0.15, 0.2) is 18.6 Å². The van der Waals surface area contributed by atoms with E-state index in [-0.39, 0.29) is 17.6 Å². The number of hydrogen-bond acceptors (Lipinski definition) is 4. The fourth-order valence-electron chi connectivity index (χ4n) is 3.23. The number of methoxy groups -OCH3 is 1. The van der Waals surface area contributed by atoms with Gasteiger partial charge < -0.3 is 19.4 Å². The van der Waals surface area contributed by atoms with Gasteiger partial charge in [0, 0.05) is 32.9 Å². The molecule has 1 aromatic rings. The van der Waals surface area contributed by atoms with Gasteiger partial charge in [0.2, 0.25) is 5.91 Å². The Morgan fingerprint density at radius 3 is 3.19 bits per heavy atom. The van der Waals surface area contributed by atoms with Crippen molar-refractivity contribution in [2.45, 2.75) is 31.0 Å². The molecule has 0 bridgehead atoms. The maximum absolute atomic E-state index is 12.3. The number of H-pyrrole nitrogens is 1. The van der Waals surface area contributed by atoms with Gasteiger partial charge in [-0.25, -0.2) is 4.98 Å². The Balaban J connectivity index is 1.63. The third kappa shape index (κ3) is 2.87. The van der Waals surface area contributed by atoms with Gasteiger partial charge in [-0.15, -0.1) is 0 Å². The van der Waals surface area contributed by atoms with E-state index in [4.69, 9.17) is 9.47 Å². The fraction of sp³-hybridized carbons (Fsp3) is 0.600. The Bertz CT molecular complexity index is 506. The molecular weight excluding hydrogens is 270 g/mol. The molecule has 0 radical (unpaired) electrons. The van der Waals surface area contributed by atoms with E-state index >= 15 is 0 Å². The van der Waals surface area contributed by atoms with E-state index in [9.17, 15) is 4.79 Å². The number of imidazole rings is 1. The summed E-state index contributed by atoms with van der Waals surface area (Å²) in [5.74, 6) is -0.000466. The van der Waals surface area contributed by atoms with E-state index in [1.807, 2.05) is 4.90 Å². The highest BCUT2D eigenvalue weighted by atomic mass is 16.5. The standard InChI is InChI=1S/C15H21N3O3/c1-20-13-10-18(7-6-15(13)5-2-8-21-15)14(19)4-3-12-9-16-11-17-12/h3-4,9,11,13H,2,5-8,10H2,1H3,(H,16,17)/b4-3+. The molecule has 114 valence electrons. The molecule has 0 aromatic carbocycles. The third-order valence-electron chi connectivity index (χ3n) is 4.43. The SMILES string of the molecule is COC1CN(C(=O)/C=C/c2cnc[nH]2)CCC12CCCO2. The summed E-state index contributed by atoms with van der Waals surface area (Å²) in [6, 6.07) is 0. The van der Waals surface area contributed by atoms with Crippen LogP contribution in [0.1, 0.15) is 25.0 Å². The van der Waals surface area contributed by atoms with E-state index in [1.54, 1.807) is 31.8 Å². The molecule has 2 aliphatic rings. The highest BCUT2D eigenvalue weighted by molar-refractivity contribution is 5.91. The number of rotatable bonds is 3. The number of aromatic nitrogens is 2. The zero-order chi connectivity index (χ0) is 14.7. The van der Waals surface area contributed by atoms with Crippen LogP contribution in [-0.4, -0.2) is 59.3 Å². The van der Waals surface area contributed by atoms with Crippen LogP contribution in [-0.2, 0) is 14.3 Å². The summed E-state index contributed by atoms with van der Waals surface area (Å²) in [4.78, 5) is 21.0. The van der Waals surface area contributed by atoms with Gasteiger partial charge in [0.05, 0.1) is 23.8 Å². The van der Waals surface area contributed by atoms with Crippen LogP contribution in [0, 0.1) is 0 Å². The molecule has 3 heterocycles. The largest absolute Gasteiger partial charge is 0.377 e. The second-order valence-corrected chi connectivity index (χ2v) is 5.62. The first-order chi connectivity index (χ1) is 10.2. The van der Waals surface area contributed by atoms with Crippen LogP contribution in [0.25, 0.3) is 6.08 Å². The van der Waals surface area contributed by atoms with Crippen LogP contribution in [0.5, 0.6) is 0 Å². The van der Waals surface area contributed by atoms with Crippen LogP contribution >= 0.6 is 0 Å². The van der Waals surface area contributed by atoms with Crippen molar-refractivity contribution >= 4 is 12.0 Å². The first kappa shape index (κ1) is 14.3. The first-order valence-electron chi connectivity index (χ1n) is 7.36. The predicted molar refractivity (Wildman–Crippen MR) is 77.5 cm³/mol. The van der Waals surface area contributed by atoms with E-state index in [0.717, 1.165) is 31.6 Å². The summed E-state index contributed by atoms with van der Waals surface area (Å²) in [5.41, 5.74) is 0.637. The van der Waals surface area contributed by atoms with Gasteiger partial charge in [0.15, 0.2) is 0 Å². The van der Waals surface area contributed by atoms with Crippen molar-refractivity contribution in [3.63, 3.8) is 0 Å². The number of nitrogens with one attached hydrogen (secondary N) is 1. The lowest BCUT2D eigenvalue weighted by Gasteiger charge is -2.44. The van der Waals surface area contributed by atoms with Crippen molar-refractivity contribution in [2.24, 2.45) is 0 Å². The summed E-state index contributed by atoms with van der Waals surface area (Å²) >= 11 is 0. The van der Waals surface area contributed by atoms with Crippen LogP contribution in [0.3, 0.4) is 0 Å². The molecule has 6 nitrogen and oxygen atoms in total. The zero-order valence-electron chi connectivity index (χ0n) is 12.2. The Kier molecular flexibility index (Phi) is 4.07. The van der Waals surface area contributed by atoms with Crippen LogP contribution in [0.4, 0.5) is 0 Å². The predicted octanol–water partition coefficient (Wildman–Crippen LogP) is 1.22. The Morgan fingerprint density at radius 2 is 2.52 bits per heavy atom. The number of nitrogens with zero attached hydrogens (tertiary/aromatic N) is 2. The number of amides is 1. The van der Waals surface area contributed by atoms with Gasteiger partial charge in [0.1, 0.15) is 6.10 Å². The number of likely N-dealkylation sites (tertiary alicyclic amines) is 1. The molecule has 1 N–H and O–H groups in total. The van der Waals surface area contributed by atoms with Gasteiger partial charge in [-0.05, 0) is 25.3 Å². The normalized spacial score (nSPS) is 29.6. The number of ether oxygens (including phenoxy) is 2. The highest BCUT2D eigenvalue weighted by Crippen LogP contribution is 2.37. The van der Waals surface area contributed by atoms with Crippen molar-refractivity contribution < 1.29 is 14.3 Å². The molecule has 2 fully saturated rings. The minimum atomic E-state index is -0.182. The molecule has 2 aliphatic heterocycles. The van der Waals surface area contributed by atoms with E-state index in [2.05, 4.69) is 9.97 Å². The molecule has 1 amide bonds. The highest BCUT2D eigenvalue weighted by Gasteiger charge is 2.47. The van der Waals surface area contributed by atoms with Gasteiger partial charge in [0.25, 0.3) is 0 Å². The second kappa shape index (κ2) is 5.99. The van der Waals surface area contributed by atoms with Crippen molar-refractivity contribution in [3.05, 3.63) is 24.3 Å². The number of aromatic amines is 1. The van der Waals surface area contributed by atoms with E-state index in [1.165, 1.54) is 0 Å². The zero-order valence-corrected chi connectivity index (χ0v) is 12.2. The quantitative estimate of drug-likeness (QED) is 0.850. The smallest absolute Gasteiger partial charge is 0.246 e. The Hall–Kier alpha value is -1.66. The molecule has 0 aliphatic carbocycles. The molecule has 2 saturated heterocycles. The molecule has 6 heteroatoms. The van der Waals surface area contributed by atoms with Crippen molar-refractivity contribution in [1.29, 1.82) is 0 Å². The van der Waals surface area contributed by atoms with Crippen LogP contribution in [0.2, 0.25) is 0 Å². The maximum atomic E-state index is 12.3. The molecule has 1 aromatic heterocycles. The lowest BCUT2D eigenvalue weighted by molar-refractivity contribution is -0.155. The van der Waals surface area contributed by atoms with Gasteiger partial charge in [-0.2, -0.15) is 0 Å². The summed E-state index contributed by atoms with van der Waals surface area (Å²) in [5, 5.41) is 0. The summed E-state index contributed by atoms with van der Waals surface area (Å²) in [6.07, 6.45) is 9.49. The molecule has 3 rings (SSSR count). The molecule has 0 saturated carbocycles. The topological polar surface area (TPSA) is 67.5 Å². The molecule has 21 heavy (non-hydrogen) atoms. The minimum Gasteiger partial charge on any atom is -0.377 e. The minimum absolute atomic E-state index is 0.000466. The summed E-state index contributed by atoms with van der Waals surface area (Å²) in [7, 11) is 1.70. The second-order valence-electron chi connectivity index (χ2n) is 5.62. The number of carbonyl (C=O) groups is 1. The lowest BCUT2D eigenvalue weighted by Crippen LogP contribution is -2.57. The Labute approximate surface area is 124 Å². The third-order valence-corrected chi connectivity index (χ3v) is 4.43.